The molecule has 2 fully saturated rings. The number of carbonyl (C=O) groups excluding carboxylic acids is 2. The molecule has 4 rings (SSSR count). The number of aromatic amines is 1. The minimum Gasteiger partial charge on any atom is -0.358 e. The first-order chi connectivity index (χ1) is 12.2. The molecular formula is C19H24N4O2. The number of amides is 3. The van der Waals surface area contributed by atoms with Crippen molar-refractivity contribution in [3.8, 4) is 0 Å². The Hall–Kier alpha value is -2.50. The second-order valence-electron chi connectivity index (χ2n) is 7.06. The predicted molar refractivity (Wildman–Crippen MR) is 96.4 cm³/mol. The molecule has 25 heavy (non-hydrogen) atoms. The molecule has 1 aromatic heterocycles. The highest BCUT2D eigenvalue weighted by Crippen LogP contribution is 2.29. The van der Waals surface area contributed by atoms with Crippen molar-refractivity contribution in [2.75, 3.05) is 19.6 Å². The van der Waals surface area contributed by atoms with Gasteiger partial charge in [-0.2, -0.15) is 0 Å². The topological polar surface area (TPSA) is 77.2 Å². The standard InChI is InChI=1S/C19H24N4O2/c24-18-12-15(5-8-20-18)21-19(25)23-9-6-13(7-10-23)17-11-14-3-1-2-4-16(14)22-17/h1-4,11,13,15,22H,5-10,12H2,(H,20,24)(H,21,25). The fourth-order valence-corrected chi connectivity index (χ4v) is 3.88. The molecule has 3 heterocycles. The van der Waals surface area contributed by atoms with Gasteiger partial charge in [0.25, 0.3) is 0 Å². The summed E-state index contributed by atoms with van der Waals surface area (Å²) < 4.78 is 0. The van der Waals surface area contributed by atoms with E-state index in [4.69, 9.17) is 0 Å². The molecule has 0 aliphatic carbocycles. The van der Waals surface area contributed by atoms with Gasteiger partial charge in [0.15, 0.2) is 0 Å². The number of piperidine rings is 2. The van der Waals surface area contributed by atoms with Gasteiger partial charge in [0.2, 0.25) is 5.91 Å². The summed E-state index contributed by atoms with van der Waals surface area (Å²) >= 11 is 0. The van der Waals surface area contributed by atoms with Crippen LogP contribution >= 0.6 is 0 Å². The van der Waals surface area contributed by atoms with Crippen LogP contribution in [-0.2, 0) is 4.79 Å². The van der Waals surface area contributed by atoms with Crippen LogP contribution in [0.3, 0.4) is 0 Å². The monoisotopic (exact) mass is 340 g/mol. The highest BCUT2D eigenvalue weighted by atomic mass is 16.2. The van der Waals surface area contributed by atoms with E-state index in [9.17, 15) is 9.59 Å². The molecule has 0 bridgehead atoms. The van der Waals surface area contributed by atoms with E-state index in [1.165, 1.54) is 16.6 Å². The van der Waals surface area contributed by atoms with Crippen LogP contribution in [0.1, 0.15) is 37.3 Å². The van der Waals surface area contributed by atoms with Crippen LogP contribution in [0.5, 0.6) is 0 Å². The number of para-hydroxylation sites is 1. The number of hydrogen-bond acceptors (Lipinski definition) is 2. The van der Waals surface area contributed by atoms with Crippen LogP contribution in [0.2, 0.25) is 0 Å². The van der Waals surface area contributed by atoms with Crippen molar-refractivity contribution in [1.82, 2.24) is 20.5 Å². The Bertz CT molecular complexity index is 744. The molecule has 1 atom stereocenters. The van der Waals surface area contributed by atoms with Crippen molar-refractivity contribution in [3.63, 3.8) is 0 Å². The molecule has 2 aliphatic heterocycles. The lowest BCUT2D eigenvalue weighted by atomic mass is 9.93. The number of H-pyrrole nitrogens is 1. The molecule has 0 saturated carbocycles. The Labute approximate surface area is 147 Å². The lowest BCUT2D eigenvalue weighted by Gasteiger charge is -2.33. The van der Waals surface area contributed by atoms with Crippen molar-refractivity contribution in [3.05, 3.63) is 36.0 Å². The third-order valence-corrected chi connectivity index (χ3v) is 5.35. The zero-order valence-corrected chi connectivity index (χ0v) is 14.3. The Morgan fingerprint density at radius 2 is 1.96 bits per heavy atom. The van der Waals surface area contributed by atoms with Crippen LogP contribution in [-0.4, -0.2) is 47.5 Å². The van der Waals surface area contributed by atoms with Gasteiger partial charge in [0, 0.05) is 49.2 Å². The minimum absolute atomic E-state index is 0.0223. The van der Waals surface area contributed by atoms with E-state index in [1.54, 1.807) is 0 Å². The van der Waals surface area contributed by atoms with Crippen molar-refractivity contribution >= 4 is 22.8 Å². The lowest BCUT2D eigenvalue weighted by molar-refractivity contribution is -0.122. The SMILES string of the molecule is O=C1CC(NC(=O)N2CCC(c3cc4ccccc4[nH]3)CC2)CCN1. The quantitative estimate of drug-likeness (QED) is 0.785. The third kappa shape index (κ3) is 3.48. The normalized spacial score (nSPS) is 22.0. The van der Waals surface area contributed by atoms with E-state index < -0.39 is 0 Å². The summed E-state index contributed by atoms with van der Waals surface area (Å²) in [5.74, 6) is 0.492. The number of likely N-dealkylation sites (tertiary alicyclic amines) is 1. The van der Waals surface area contributed by atoms with E-state index in [2.05, 4.69) is 39.9 Å². The number of aromatic nitrogens is 1. The van der Waals surface area contributed by atoms with Gasteiger partial charge in [-0.15, -0.1) is 0 Å². The van der Waals surface area contributed by atoms with E-state index >= 15 is 0 Å². The Morgan fingerprint density at radius 3 is 2.72 bits per heavy atom. The van der Waals surface area contributed by atoms with Gasteiger partial charge < -0.3 is 20.5 Å². The van der Waals surface area contributed by atoms with Gasteiger partial charge in [-0.3, -0.25) is 4.79 Å². The molecule has 3 amide bonds. The molecule has 1 aromatic carbocycles. The highest BCUT2D eigenvalue weighted by Gasteiger charge is 2.27. The van der Waals surface area contributed by atoms with Crippen molar-refractivity contribution in [2.45, 2.75) is 37.6 Å². The maximum absolute atomic E-state index is 12.4. The first-order valence-corrected chi connectivity index (χ1v) is 9.09. The number of urea groups is 1. The van der Waals surface area contributed by atoms with E-state index in [1.807, 2.05) is 11.0 Å². The van der Waals surface area contributed by atoms with Crippen molar-refractivity contribution in [1.29, 1.82) is 0 Å². The number of rotatable bonds is 2. The van der Waals surface area contributed by atoms with Gasteiger partial charge in [-0.25, -0.2) is 4.79 Å². The summed E-state index contributed by atoms with van der Waals surface area (Å²) in [6, 6.07) is 10.5. The fraction of sp³-hybridized carbons (Fsp3) is 0.474. The van der Waals surface area contributed by atoms with Crippen LogP contribution in [0.4, 0.5) is 4.79 Å². The second-order valence-corrected chi connectivity index (χ2v) is 7.06. The number of benzene rings is 1. The molecule has 2 aromatic rings. The summed E-state index contributed by atoms with van der Waals surface area (Å²) in [7, 11) is 0. The maximum Gasteiger partial charge on any atom is 0.317 e. The molecule has 0 radical (unpaired) electrons. The highest BCUT2D eigenvalue weighted by molar-refractivity contribution is 5.81. The summed E-state index contributed by atoms with van der Waals surface area (Å²) in [6.07, 6.45) is 3.12. The molecule has 0 spiro atoms. The number of nitrogens with zero attached hydrogens (tertiary/aromatic N) is 1. The number of carbonyl (C=O) groups is 2. The first-order valence-electron chi connectivity index (χ1n) is 9.09. The van der Waals surface area contributed by atoms with Gasteiger partial charge in [-0.05, 0) is 36.8 Å². The molecule has 3 N–H and O–H groups in total. The zero-order valence-electron chi connectivity index (χ0n) is 14.3. The maximum atomic E-state index is 12.4. The molecule has 132 valence electrons. The average Bonchev–Trinajstić information content (AvgIpc) is 3.06. The number of fused-ring (bicyclic) bond motifs is 1. The lowest BCUT2D eigenvalue weighted by Crippen LogP contribution is -2.51. The van der Waals surface area contributed by atoms with Crippen molar-refractivity contribution in [2.24, 2.45) is 0 Å². The Morgan fingerprint density at radius 1 is 1.16 bits per heavy atom. The summed E-state index contributed by atoms with van der Waals surface area (Å²) in [5, 5.41) is 7.05. The summed E-state index contributed by atoms with van der Waals surface area (Å²) in [5.41, 5.74) is 2.44. The fourth-order valence-electron chi connectivity index (χ4n) is 3.88. The molecule has 1 unspecified atom stereocenters. The zero-order chi connectivity index (χ0) is 17.2. The van der Waals surface area contributed by atoms with Gasteiger partial charge in [0.1, 0.15) is 0 Å². The van der Waals surface area contributed by atoms with Gasteiger partial charge in [-0.1, -0.05) is 18.2 Å². The van der Waals surface area contributed by atoms with Crippen LogP contribution in [0.15, 0.2) is 30.3 Å². The van der Waals surface area contributed by atoms with E-state index in [-0.39, 0.29) is 18.0 Å². The first kappa shape index (κ1) is 16.0. The smallest absolute Gasteiger partial charge is 0.317 e. The van der Waals surface area contributed by atoms with Gasteiger partial charge >= 0.3 is 6.03 Å². The van der Waals surface area contributed by atoms with E-state index in [0.717, 1.165) is 32.4 Å². The van der Waals surface area contributed by atoms with Crippen LogP contribution < -0.4 is 10.6 Å². The molecule has 2 aliphatic rings. The van der Waals surface area contributed by atoms with Crippen LogP contribution in [0.25, 0.3) is 10.9 Å². The number of nitrogens with one attached hydrogen (secondary N) is 3. The molecular weight excluding hydrogens is 316 g/mol. The summed E-state index contributed by atoms with van der Waals surface area (Å²) in [4.78, 5) is 29.3. The summed E-state index contributed by atoms with van der Waals surface area (Å²) in [6.45, 7) is 2.15. The third-order valence-electron chi connectivity index (χ3n) is 5.35. The number of hydrogen-bond donors (Lipinski definition) is 3. The van der Waals surface area contributed by atoms with Crippen molar-refractivity contribution < 1.29 is 9.59 Å². The molecule has 6 nitrogen and oxygen atoms in total. The largest absolute Gasteiger partial charge is 0.358 e. The molecule has 2 saturated heterocycles. The average molecular weight is 340 g/mol. The second kappa shape index (κ2) is 6.78. The molecule has 6 heteroatoms. The van der Waals surface area contributed by atoms with E-state index in [0.29, 0.717) is 18.9 Å². The minimum atomic E-state index is -0.0346. The Balaban J connectivity index is 1.33. The van der Waals surface area contributed by atoms with Gasteiger partial charge in [0.05, 0.1) is 0 Å². The Kier molecular flexibility index (Phi) is 4.34. The predicted octanol–water partition coefficient (Wildman–Crippen LogP) is 2.34. The van der Waals surface area contributed by atoms with Crippen LogP contribution in [0, 0.1) is 0 Å².